The zero-order valence-electron chi connectivity index (χ0n) is 11.3. The fourth-order valence-electron chi connectivity index (χ4n) is 2.20. The Bertz CT molecular complexity index is 784. The molecular formula is C17H14O3. The fourth-order valence-corrected chi connectivity index (χ4v) is 2.20. The number of furan rings is 1. The van der Waals surface area contributed by atoms with E-state index in [0.717, 1.165) is 16.5 Å². The van der Waals surface area contributed by atoms with Crippen LogP contribution in [0, 0.1) is 13.8 Å². The third-order valence-electron chi connectivity index (χ3n) is 3.23. The summed E-state index contributed by atoms with van der Waals surface area (Å²) >= 11 is 0. The molecule has 0 aliphatic carbocycles. The Morgan fingerprint density at radius 1 is 1.05 bits per heavy atom. The van der Waals surface area contributed by atoms with Crippen LogP contribution in [0.1, 0.15) is 21.7 Å². The van der Waals surface area contributed by atoms with Gasteiger partial charge in [0.25, 0.3) is 0 Å². The normalized spacial score (nSPS) is 10.7. The number of carbonyl (C=O) groups is 1. The second-order valence-corrected chi connectivity index (χ2v) is 4.76. The molecule has 2 aromatic carbocycles. The first-order valence-corrected chi connectivity index (χ1v) is 6.42. The summed E-state index contributed by atoms with van der Waals surface area (Å²) in [5, 5.41) is 0.934. The number of hydrogen-bond acceptors (Lipinski definition) is 3. The van der Waals surface area contributed by atoms with Gasteiger partial charge < -0.3 is 9.15 Å². The second-order valence-electron chi connectivity index (χ2n) is 4.76. The minimum Gasteiger partial charge on any atom is -0.449 e. The molecule has 0 atom stereocenters. The largest absolute Gasteiger partial charge is 0.449 e. The highest BCUT2D eigenvalue weighted by molar-refractivity contribution is 5.96. The van der Waals surface area contributed by atoms with E-state index in [2.05, 4.69) is 0 Å². The number of benzene rings is 2. The predicted molar refractivity (Wildman–Crippen MR) is 77.1 cm³/mol. The zero-order chi connectivity index (χ0) is 14.1. The van der Waals surface area contributed by atoms with Gasteiger partial charge in [0.2, 0.25) is 5.76 Å². The molecule has 0 saturated heterocycles. The summed E-state index contributed by atoms with van der Waals surface area (Å²) in [4.78, 5) is 12.2. The fraction of sp³-hybridized carbons (Fsp3) is 0.118. The van der Waals surface area contributed by atoms with Crippen molar-refractivity contribution in [2.75, 3.05) is 0 Å². The molecule has 1 heterocycles. The van der Waals surface area contributed by atoms with Crippen LogP contribution in [0.25, 0.3) is 11.0 Å². The molecule has 20 heavy (non-hydrogen) atoms. The number of carbonyl (C=O) groups excluding carboxylic acids is 1. The first kappa shape index (κ1) is 12.5. The molecule has 0 radical (unpaired) electrons. The molecule has 0 aliphatic rings. The van der Waals surface area contributed by atoms with Crippen LogP contribution < -0.4 is 4.74 Å². The van der Waals surface area contributed by atoms with E-state index < -0.39 is 5.97 Å². The Hall–Kier alpha value is -2.55. The highest BCUT2D eigenvalue weighted by Crippen LogP contribution is 2.26. The SMILES string of the molecule is Cc1cccc(OC(=O)c2oc3ccccc3c2C)c1. The summed E-state index contributed by atoms with van der Waals surface area (Å²) < 4.78 is 10.9. The molecule has 0 amide bonds. The van der Waals surface area contributed by atoms with E-state index in [9.17, 15) is 4.79 Å². The maximum Gasteiger partial charge on any atom is 0.379 e. The van der Waals surface area contributed by atoms with E-state index in [-0.39, 0.29) is 5.76 Å². The monoisotopic (exact) mass is 266 g/mol. The zero-order valence-corrected chi connectivity index (χ0v) is 11.3. The van der Waals surface area contributed by atoms with Gasteiger partial charge in [0.05, 0.1) is 0 Å². The predicted octanol–water partition coefficient (Wildman–Crippen LogP) is 4.27. The lowest BCUT2D eigenvalue weighted by Crippen LogP contribution is -2.08. The number of fused-ring (bicyclic) bond motifs is 1. The van der Waals surface area contributed by atoms with Gasteiger partial charge in [-0.2, -0.15) is 0 Å². The van der Waals surface area contributed by atoms with Crippen LogP contribution in [0.2, 0.25) is 0 Å². The van der Waals surface area contributed by atoms with Gasteiger partial charge in [-0.15, -0.1) is 0 Å². The molecule has 0 unspecified atom stereocenters. The molecule has 0 spiro atoms. The molecule has 100 valence electrons. The number of esters is 1. The van der Waals surface area contributed by atoms with Crippen molar-refractivity contribution in [2.45, 2.75) is 13.8 Å². The lowest BCUT2D eigenvalue weighted by atomic mass is 10.1. The van der Waals surface area contributed by atoms with Crippen LogP contribution in [-0.2, 0) is 0 Å². The average molecular weight is 266 g/mol. The summed E-state index contributed by atoms with van der Waals surface area (Å²) in [6.07, 6.45) is 0. The minimum absolute atomic E-state index is 0.257. The molecule has 0 fully saturated rings. The number of ether oxygens (including phenoxy) is 1. The lowest BCUT2D eigenvalue weighted by Gasteiger charge is -2.03. The Kier molecular flexibility index (Phi) is 3.03. The van der Waals surface area contributed by atoms with Gasteiger partial charge in [-0.3, -0.25) is 0 Å². The Morgan fingerprint density at radius 2 is 1.85 bits per heavy atom. The van der Waals surface area contributed by atoms with Crippen molar-refractivity contribution in [2.24, 2.45) is 0 Å². The van der Waals surface area contributed by atoms with Crippen LogP contribution in [0.3, 0.4) is 0 Å². The number of hydrogen-bond donors (Lipinski definition) is 0. The van der Waals surface area contributed by atoms with E-state index >= 15 is 0 Å². The maximum atomic E-state index is 12.2. The number of rotatable bonds is 2. The van der Waals surface area contributed by atoms with Crippen molar-refractivity contribution >= 4 is 16.9 Å². The van der Waals surface area contributed by atoms with Crippen LogP contribution in [0.15, 0.2) is 52.9 Å². The minimum atomic E-state index is -0.468. The van der Waals surface area contributed by atoms with Crippen molar-refractivity contribution in [3.8, 4) is 5.75 Å². The molecule has 0 bridgehead atoms. The van der Waals surface area contributed by atoms with E-state index in [1.165, 1.54) is 0 Å². The van der Waals surface area contributed by atoms with Gasteiger partial charge >= 0.3 is 5.97 Å². The van der Waals surface area contributed by atoms with Gasteiger partial charge in [-0.1, -0.05) is 30.3 Å². The van der Waals surface area contributed by atoms with Gasteiger partial charge in [0.1, 0.15) is 11.3 Å². The van der Waals surface area contributed by atoms with Crippen LogP contribution in [0.5, 0.6) is 5.75 Å². The lowest BCUT2D eigenvalue weighted by molar-refractivity contribution is 0.0703. The highest BCUT2D eigenvalue weighted by Gasteiger charge is 2.19. The summed E-state index contributed by atoms with van der Waals surface area (Å²) in [6, 6.07) is 14.9. The summed E-state index contributed by atoms with van der Waals surface area (Å²) in [5.41, 5.74) is 2.54. The van der Waals surface area contributed by atoms with Crippen molar-refractivity contribution < 1.29 is 13.9 Å². The van der Waals surface area contributed by atoms with E-state index in [4.69, 9.17) is 9.15 Å². The van der Waals surface area contributed by atoms with Crippen molar-refractivity contribution in [3.05, 3.63) is 65.4 Å². The molecule has 0 saturated carbocycles. The standard InChI is InChI=1S/C17H14O3/c1-11-6-5-7-13(10-11)19-17(18)16-12(2)14-8-3-4-9-15(14)20-16/h3-10H,1-2H3. The molecule has 3 aromatic rings. The molecule has 3 rings (SSSR count). The van der Waals surface area contributed by atoms with E-state index in [0.29, 0.717) is 11.3 Å². The van der Waals surface area contributed by atoms with Gasteiger partial charge in [0, 0.05) is 10.9 Å². The Balaban J connectivity index is 1.95. The smallest absolute Gasteiger partial charge is 0.379 e. The maximum absolute atomic E-state index is 12.2. The van der Waals surface area contributed by atoms with Crippen molar-refractivity contribution in [1.29, 1.82) is 0 Å². The number of aryl methyl sites for hydroxylation is 2. The van der Waals surface area contributed by atoms with Crippen LogP contribution in [0.4, 0.5) is 0 Å². The molecule has 1 aromatic heterocycles. The topological polar surface area (TPSA) is 39.4 Å². The van der Waals surface area contributed by atoms with Gasteiger partial charge in [-0.25, -0.2) is 4.79 Å². The molecular weight excluding hydrogens is 252 g/mol. The van der Waals surface area contributed by atoms with Gasteiger partial charge in [-0.05, 0) is 37.6 Å². The van der Waals surface area contributed by atoms with Crippen LogP contribution >= 0.6 is 0 Å². The first-order chi connectivity index (χ1) is 9.65. The second kappa shape index (κ2) is 4.85. The molecule has 0 N–H and O–H groups in total. The van der Waals surface area contributed by atoms with E-state index in [1.54, 1.807) is 6.07 Å². The van der Waals surface area contributed by atoms with E-state index in [1.807, 2.05) is 56.3 Å². The summed E-state index contributed by atoms with van der Waals surface area (Å²) in [6.45, 7) is 3.81. The van der Waals surface area contributed by atoms with Gasteiger partial charge in [0.15, 0.2) is 0 Å². The van der Waals surface area contributed by atoms with Crippen LogP contribution in [-0.4, -0.2) is 5.97 Å². The summed E-state index contributed by atoms with van der Waals surface area (Å²) in [7, 11) is 0. The Labute approximate surface area is 116 Å². The molecule has 3 nitrogen and oxygen atoms in total. The third kappa shape index (κ3) is 2.18. The van der Waals surface area contributed by atoms with Crippen molar-refractivity contribution in [1.82, 2.24) is 0 Å². The molecule has 0 aliphatic heterocycles. The quantitative estimate of drug-likeness (QED) is 0.513. The third-order valence-corrected chi connectivity index (χ3v) is 3.23. The summed E-state index contributed by atoms with van der Waals surface area (Å²) in [5.74, 6) is 0.312. The number of para-hydroxylation sites is 1. The molecule has 3 heteroatoms. The first-order valence-electron chi connectivity index (χ1n) is 6.42. The highest BCUT2D eigenvalue weighted by atomic mass is 16.5. The van der Waals surface area contributed by atoms with Crippen molar-refractivity contribution in [3.63, 3.8) is 0 Å². The Morgan fingerprint density at radius 3 is 2.60 bits per heavy atom. The average Bonchev–Trinajstić information content (AvgIpc) is 2.77.